The summed E-state index contributed by atoms with van der Waals surface area (Å²) in [7, 11) is 1.52. The number of nitrogens with one attached hydrogen (secondary N) is 2. The first-order valence-electron chi connectivity index (χ1n) is 8.49. The number of amides is 2. The maximum Gasteiger partial charge on any atom is 0.287 e. The molecule has 27 heavy (non-hydrogen) atoms. The number of halogens is 1. The molecule has 1 aliphatic rings. The highest BCUT2D eigenvalue weighted by atomic mass is 35.5. The summed E-state index contributed by atoms with van der Waals surface area (Å²) in [6.45, 7) is 0. The lowest BCUT2D eigenvalue weighted by Gasteiger charge is -2.07. The minimum atomic E-state index is -0.426. The fraction of sp³-hybridized carbons (Fsp3) is 0.211. The lowest BCUT2D eigenvalue weighted by Crippen LogP contribution is -2.27. The van der Waals surface area contributed by atoms with E-state index in [1.165, 1.54) is 7.11 Å². The maximum atomic E-state index is 12.8. The average Bonchev–Trinajstić information content (AvgIpc) is 3.38. The second kappa shape index (κ2) is 6.92. The van der Waals surface area contributed by atoms with Crippen LogP contribution in [0.15, 0.2) is 42.6 Å². The fourth-order valence-electron chi connectivity index (χ4n) is 2.78. The summed E-state index contributed by atoms with van der Waals surface area (Å²) in [5.41, 5.74) is 1.23. The third kappa shape index (κ3) is 3.46. The van der Waals surface area contributed by atoms with Gasteiger partial charge in [0, 0.05) is 17.9 Å². The predicted octanol–water partition coefficient (Wildman–Crippen LogP) is 3.14. The van der Waals surface area contributed by atoms with Crippen LogP contribution in [0.4, 0.5) is 5.69 Å². The Balaban J connectivity index is 1.65. The molecule has 1 saturated carbocycles. The van der Waals surface area contributed by atoms with Gasteiger partial charge in [0.1, 0.15) is 5.75 Å². The van der Waals surface area contributed by atoms with E-state index >= 15 is 0 Å². The molecule has 0 atom stereocenters. The zero-order valence-electron chi connectivity index (χ0n) is 14.5. The molecule has 0 unspecified atom stereocenters. The number of carbonyl (C=O) groups excluding carboxylic acids is 2. The van der Waals surface area contributed by atoms with Crippen LogP contribution in [0.2, 0.25) is 5.02 Å². The summed E-state index contributed by atoms with van der Waals surface area (Å²) >= 11 is 6.11. The SMILES string of the molecule is COc1ccc(NC(=O)c2nc(C(=O)NC3CC3)n3ccccc23)cc1Cl. The number of nitrogens with zero attached hydrogens (tertiary/aromatic N) is 2. The van der Waals surface area contributed by atoms with Crippen LogP contribution < -0.4 is 15.4 Å². The molecule has 138 valence electrons. The Kier molecular flexibility index (Phi) is 4.45. The number of hydrogen-bond acceptors (Lipinski definition) is 4. The first-order chi connectivity index (χ1) is 13.1. The molecule has 0 radical (unpaired) electrons. The van der Waals surface area contributed by atoms with E-state index in [2.05, 4.69) is 15.6 Å². The smallest absolute Gasteiger partial charge is 0.287 e. The number of ether oxygens (including phenoxy) is 1. The molecule has 3 aromatic rings. The van der Waals surface area contributed by atoms with E-state index in [0.717, 1.165) is 12.8 Å². The topological polar surface area (TPSA) is 84.7 Å². The Labute approximate surface area is 160 Å². The number of methoxy groups -OCH3 is 1. The van der Waals surface area contributed by atoms with Crippen LogP contribution in [-0.2, 0) is 0 Å². The van der Waals surface area contributed by atoms with Gasteiger partial charge in [-0.3, -0.25) is 14.0 Å². The molecule has 1 aliphatic carbocycles. The van der Waals surface area contributed by atoms with Crippen molar-refractivity contribution in [1.82, 2.24) is 14.7 Å². The third-order valence-corrected chi connectivity index (χ3v) is 4.58. The lowest BCUT2D eigenvalue weighted by atomic mass is 10.2. The zero-order valence-corrected chi connectivity index (χ0v) is 15.3. The molecule has 2 amide bonds. The first kappa shape index (κ1) is 17.4. The number of rotatable bonds is 5. The van der Waals surface area contributed by atoms with E-state index in [1.807, 2.05) is 0 Å². The van der Waals surface area contributed by atoms with Crippen molar-refractivity contribution in [2.75, 3.05) is 12.4 Å². The second-order valence-corrected chi connectivity index (χ2v) is 6.70. The molecular formula is C19H17ClN4O3. The quantitative estimate of drug-likeness (QED) is 0.707. The van der Waals surface area contributed by atoms with E-state index in [-0.39, 0.29) is 23.5 Å². The normalized spacial score (nSPS) is 13.4. The highest BCUT2D eigenvalue weighted by Gasteiger charge is 2.27. The molecule has 2 aromatic heterocycles. The fourth-order valence-corrected chi connectivity index (χ4v) is 3.03. The van der Waals surface area contributed by atoms with E-state index in [4.69, 9.17) is 16.3 Å². The number of aromatic nitrogens is 2. The van der Waals surface area contributed by atoms with Crippen molar-refractivity contribution in [3.8, 4) is 5.75 Å². The van der Waals surface area contributed by atoms with Crippen LogP contribution in [0.5, 0.6) is 5.75 Å². The highest BCUT2D eigenvalue weighted by molar-refractivity contribution is 6.32. The molecule has 0 spiro atoms. The van der Waals surface area contributed by atoms with Crippen molar-refractivity contribution in [2.24, 2.45) is 0 Å². The van der Waals surface area contributed by atoms with Crippen molar-refractivity contribution in [2.45, 2.75) is 18.9 Å². The molecule has 8 heteroatoms. The van der Waals surface area contributed by atoms with Crippen molar-refractivity contribution in [3.63, 3.8) is 0 Å². The Morgan fingerprint density at radius 3 is 2.74 bits per heavy atom. The molecule has 2 heterocycles. The number of anilines is 1. The highest BCUT2D eigenvalue weighted by Crippen LogP contribution is 2.27. The van der Waals surface area contributed by atoms with Gasteiger partial charge in [0.2, 0.25) is 5.82 Å². The molecule has 0 saturated heterocycles. The van der Waals surface area contributed by atoms with E-state index < -0.39 is 5.91 Å². The van der Waals surface area contributed by atoms with Crippen LogP contribution in [0, 0.1) is 0 Å². The van der Waals surface area contributed by atoms with Crippen LogP contribution in [0.25, 0.3) is 5.52 Å². The van der Waals surface area contributed by atoms with Crippen molar-refractivity contribution in [3.05, 3.63) is 59.1 Å². The van der Waals surface area contributed by atoms with Gasteiger partial charge < -0.3 is 15.4 Å². The van der Waals surface area contributed by atoms with Gasteiger partial charge in [-0.2, -0.15) is 0 Å². The molecule has 4 rings (SSSR count). The molecular weight excluding hydrogens is 368 g/mol. The summed E-state index contributed by atoms with van der Waals surface area (Å²) < 4.78 is 6.73. The number of imidazole rings is 1. The van der Waals surface area contributed by atoms with Gasteiger partial charge in [0.25, 0.3) is 11.8 Å². The van der Waals surface area contributed by atoms with Crippen LogP contribution >= 0.6 is 11.6 Å². The van der Waals surface area contributed by atoms with E-state index in [1.54, 1.807) is 47.0 Å². The molecule has 2 N–H and O–H groups in total. The number of fused-ring (bicyclic) bond motifs is 1. The van der Waals surface area contributed by atoms with Crippen LogP contribution in [-0.4, -0.2) is 34.4 Å². The lowest BCUT2D eigenvalue weighted by molar-refractivity contribution is 0.0940. The third-order valence-electron chi connectivity index (χ3n) is 4.29. The minimum Gasteiger partial charge on any atom is -0.495 e. The summed E-state index contributed by atoms with van der Waals surface area (Å²) in [4.78, 5) is 29.5. The molecule has 0 aliphatic heterocycles. The summed E-state index contributed by atoms with van der Waals surface area (Å²) in [5.74, 6) is -0.00722. The Morgan fingerprint density at radius 1 is 1.22 bits per heavy atom. The Bertz CT molecular complexity index is 1040. The van der Waals surface area contributed by atoms with Gasteiger partial charge in [-0.05, 0) is 43.2 Å². The molecule has 1 fully saturated rings. The van der Waals surface area contributed by atoms with E-state index in [9.17, 15) is 9.59 Å². The van der Waals surface area contributed by atoms with Crippen molar-refractivity contribution in [1.29, 1.82) is 0 Å². The first-order valence-corrected chi connectivity index (χ1v) is 8.87. The zero-order chi connectivity index (χ0) is 19.0. The number of pyridine rings is 1. The average molecular weight is 385 g/mol. The van der Waals surface area contributed by atoms with Crippen molar-refractivity contribution < 1.29 is 14.3 Å². The van der Waals surface area contributed by atoms with Gasteiger partial charge in [-0.25, -0.2) is 4.98 Å². The Hall–Kier alpha value is -3.06. The summed E-state index contributed by atoms with van der Waals surface area (Å²) in [5, 5.41) is 6.04. The van der Waals surface area contributed by atoms with Gasteiger partial charge in [-0.15, -0.1) is 0 Å². The molecule has 1 aromatic carbocycles. The van der Waals surface area contributed by atoms with Gasteiger partial charge in [0.15, 0.2) is 5.69 Å². The summed E-state index contributed by atoms with van der Waals surface area (Å²) in [6.07, 6.45) is 3.66. The monoisotopic (exact) mass is 384 g/mol. The van der Waals surface area contributed by atoms with Gasteiger partial charge >= 0.3 is 0 Å². The van der Waals surface area contributed by atoms with Gasteiger partial charge in [0.05, 0.1) is 17.6 Å². The maximum absolute atomic E-state index is 12.8. The second-order valence-electron chi connectivity index (χ2n) is 6.29. The number of hydrogen-bond donors (Lipinski definition) is 2. The Morgan fingerprint density at radius 2 is 2.04 bits per heavy atom. The van der Waals surface area contributed by atoms with Crippen LogP contribution in [0.1, 0.15) is 33.9 Å². The number of benzene rings is 1. The number of carbonyl (C=O) groups is 2. The summed E-state index contributed by atoms with van der Waals surface area (Å²) in [6, 6.07) is 10.5. The molecule has 0 bridgehead atoms. The molecule has 7 nitrogen and oxygen atoms in total. The van der Waals surface area contributed by atoms with Gasteiger partial charge in [-0.1, -0.05) is 17.7 Å². The van der Waals surface area contributed by atoms with Crippen molar-refractivity contribution >= 4 is 34.6 Å². The van der Waals surface area contributed by atoms with Crippen LogP contribution in [0.3, 0.4) is 0 Å². The standard InChI is InChI=1S/C19H17ClN4O3/c1-27-15-8-7-12(10-13(15)20)22-18(25)16-14-4-2-3-9-24(14)17(23-16)19(26)21-11-5-6-11/h2-4,7-11H,5-6H2,1H3,(H,21,26)(H,22,25). The van der Waals surface area contributed by atoms with E-state index in [0.29, 0.717) is 22.0 Å². The largest absolute Gasteiger partial charge is 0.495 e. The predicted molar refractivity (Wildman–Crippen MR) is 102 cm³/mol. The minimum absolute atomic E-state index is 0.170.